The van der Waals surface area contributed by atoms with Crippen LogP contribution in [0, 0.1) is 6.92 Å². The summed E-state index contributed by atoms with van der Waals surface area (Å²) in [5, 5.41) is 5.16. The number of H-pyrrole nitrogens is 2. The van der Waals surface area contributed by atoms with Gasteiger partial charge in [0, 0.05) is 10.9 Å². The van der Waals surface area contributed by atoms with Crippen molar-refractivity contribution in [3.05, 3.63) is 65.7 Å². The molecule has 8 nitrogen and oxygen atoms in total. The molecule has 8 heteroatoms. The highest BCUT2D eigenvalue weighted by molar-refractivity contribution is 6.13. The van der Waals surface area contributed by atoms with E-state index in [9.17, 15) is 4.79 Å². The summed E-state index contributed by atoms with van der Waals surface area (Å²) in [5.41, 5.74) is 10.3. The van der Waals surface area contributed by atoms with Gasteiger partial charge in [-0.05, 0) is 43.3 Å². The standard InChI is InChI=1S/C21H18N6O2/c1-11-24-16-7-6-12(8-17(16)25-11)27-21(22)14(10-23-27)20(28)18-9-13-15(26-18)4-3-5-19(13)29-2/h3-10,26H,22H2,1-2H3,(H,24,25). The molecule has 0 saturated carbocycles. The lowest BCUT2D eigenvalue weighted by atomic mass is 10.1. The number of benzene rings is 2. The Hall–Kier alpha value is -4.07. The van der Waals surface area contributed by atoms with Crippen LogP contribution in [0.2, 0.25) is 0 Å². The molecule has 3 heterocycles. The number of nitrogens with zero attached hydrogens (tertiary/aromatic N) is 3. The molecule has 0 unspecified atom stereocenters. The summed E-state index contributed by atoms with van der Waals surface area (Å²) in [6.45, 7) is 1.90. The minimum absolute atomic E-state index is 0.233. The van der Waals surface area contributed by atoms with Crippen molar-refractivity contribution in [2.45, 2.75) is 6.92 Å². The van der Waals surface area contributed by atoms with Crippen molar-refractivity contribution in [2.24, 2.45) is 0 Å². The van der Waals surface area contributed by atoms with Gasteiger partial charge in [0.15, 0.2) is 0 Å². The molecule has 4 N–H and O–H groups in total. The minimum Gasteiger partial charge on any atom is -0.496 e. The first-order chi connectivity index (χ1) is 14.0. The second kappa shape index (κ2) is 6.23. The number of hydrogen-bond donors (Lipinski definition) is 3. The predicted molar refractivity (Wildman–Crippen MR) is 111 cm³/mol. The fourth-order valence-corrected chi connectivity index (χ4v) is 3.56. The Kier molecular flexibility index (Phi) is 3.67. The number of carbonyl (C=O) groups is 1. The van der Waals surface area contributed by atoms with Crippen LogP contribution in [-0.2, 0) is 0 Å². The van der Waals surface area contributed by atoms with Crippen LogP contribution in [0.1, 0.15) is 21.9 Å². The second-order valence-corrected chi connectivity index (χ2v) is 6.81. The van der Waals surface area contributed by atoms with Crippen molar-refractivity contribution in [3.63, 3.8) is 0 Å². The van der Waals surface area contributed by atoms with E-state index in [0.717, 1.165) is 33.4 Å². The molecular formula is C21H18N6O2. The Morgan fingerprint density at radius 1 is 1.14 bits per heavy atom. The van der Waals surface area contributed by atoms with Crippen LogP contribution in [0.25, 0.3) is 27.6 Å². The number of nitrogen functional groups attached to an aromatic ring is 1. The number of aromatic amines is 2. The number of methoxy groups -OCH3 is 1. The Morgan fingerprint density at radius 2 is 2.00 bits per heavy atom. The Bertz CT molecular complexity index is 1390. The van der Waals surface area contributed by atoms with Crippen LogP contribution in [0.15, 0.2) is 48.7 Å². The van der Waals surface area contributed by atoms with Crippen LogP contribution >= 0.6 is 0 Å². The number of nitrogens with one attached hydrogen (secondary N) is 2. The lowest BCUT2D eigenvalue weighted by Gasteiger charge is -2.05. The molecule has 0 aliphatic rings. The van der Waals surface area contributed by atoms with Crippen molar-refractivity contribution in [2.75, 3.05) is 12.8 Å². The summed E-state index contributed by atoms with van der Waals surface area (Å²) in [5.74, 6) is 1.57. The van der Waals surface area contributed by atoms with Gasteiger partial charge in [-0.25, -0.2) is 9.67 Å². The van der Waals surface area contributed by atoms with E-state index in [-0.39, 0.29) is 11.6 Å². The van der Waals surface area contributed by atoms with Gasteiger partial charge in [-0.1, -0.05) is 6.07 Å². The van der Waals surface area contributed by atoms with Crippen LogP contribution in [-0.4, -0.2) is 37.6 Å². The van der Waals surface area contributed by atoms with Crippen molar-refractivity contribution in [1.29, 1.82) is 0 Å². The average Bonchev–Trinajstić information content (AvgIpc) is 3.41. The van der Waals surface area contributed by atoms with E-state index in [1.54, 1.807) is 17.9 Å². The number of hydrogen-bond acceptors (Lipinski definition) is 5. The predicted octanol–water partition coefficient (Wildman–Crippen LogP) is 3.36. The first-order valence-electron chi connectivity index (χ1n) is 9.06. The zero-order chi connectivity index (χ0) is 20.1. The molecule has 144 valence electrons. The largest absolute Gasteiger partial charge is 0.496 e. The zero-order valence-electron chi connectivity index (χ0n) is 15.9. The van der Waals surface area contributed by atoms with Crippen LogP contribution in [0.5, 0.6) is 5.75 Å². The van der Waals surface area contributed by atoms with E-state index in [0.29, 0.717) is 17.0 Å². The smallest absolute Gasteiger partial charge is 0.214 e. The number of anilines is 1. The van der Waals surface area contributed by atoms with Gasteiger partial charge in [-0.2, -0.15) is 5.10 Å². The molecule has 0 aliphatic carbocycles. The fourth-order valence-electron chi connectivity index (χ4n) is 3.56. The summed E-state index contributed by atoms with van der Waals surface area (Å²) in [6.07, 6.45) is 1.49. The maximum atomic E-state index is 13.1. The van der Waals surface area contributed by atoms with E-state index in [1.165, 1.54) is 6.20 Å². The Labute approximate surface area is 165 Å². The molecule has 5 rings (SSSR count). The maximum Gasteiger partial charge on any atom is 0.214 e. The van der Waals surface area contributed by atoms with Gasteiger partial charge in [-0.3, -0.25) is 4.79 Å². The molecule has 0 radical (unpaired) electrons. The normalized spacial score (nSPS) is 11.4. The monoisotopic (exact) mass is 386 g/mol. The third-order valence-corrected chi connectivity index (χ3v) is 4.97. The highest BCUT2D eigenvalue weighted by Crippen LogP contribution is 2.28. The van der Waals surface area contributed by atoms with E-state index in [1.807, 2.05) is 43.3 Å². The SMILES string of the molecule is COc1cccc2[nH]c(C(=O)c3cnn(-c4ccc5[nH]c(C)nc5c4)c3N)cc12. The molecule has 0 bridgehead atoms. The number of fused-ring (bicyclic) bond motifs is 2. The van der Waals surface area contributed by atoms with Gasteiger partial charge in [-0.15, -0.1) is 0 Å². The fraction of sp³-hybridized carbons (Fsp3) is 0.0952. The molecule has 0 fully saturated rings. The second-order valence-electron chi connectivity index (χ2n) is 6.81. The van der Waals surface area contributed by atoms with Crippen LogP contribution < -0.4 is 10.5 Å². The maximum absolute atomic E-state index is 13.1. The van der Waals surface area contributed by atoms with Gasteiger partial charge < -0.3 is 20.4 Å². The number of nitrogens with two attached hydrogens (primary N) is 1. The first kappa shape index (κ1) is 17.1. The molecule has 0 spiro atoms. The highest BCUT2D eigenvalue weighted by Gasteiger charge is 2.20. The number of rotatable bonds is 4. The van der Waals surface area contributed by atoms with Crippen molar-refractivity contribution < 1.29 is 9.53 Å². The summed E-state index contributed by atoms with van der Waals surface area (Å²) in [7, 11) is 1.60. The summed E-state index contributed by atoms with van der Waals surface area (Å²) >= 11 is 0. The lowest BCUT2D eigenvalue weighted by Crippen LogP contribution is -2.07. The molecule has 0 aliphatic heterocycles. The Balaban J connectivity index is 1.55. The van der Waals surface area contributed by atoms with Crippen LogP contribution in [0.4, 0.5) is 5.82 Å². The van der Waals surface area contributed by atoms with E-state index in [4.69, 9.17) is 10.5 Å². The summed E-state index contributed by atoms with van der Waals surface area (Å²) in [6, 6.07) is 13.1. The minimum atomic E-state index is -0.233. The summed E-state index contributed by atoms with van der Waals surface area (Å²) in [4.78, 5) is 23.8. The average molecular weight is 386 g/mol. The molecule has 3 aromatic heterocycles. The first-order valence-corrected chi connectivity index (χ1v) is 9.06. The summed E-state index contributed by atoms with van der Waals surface area (Å²) < 4.78 is 6.91. The molecule has 5 aromatic rings. The third-order valence-electron chi connectivity index (χ3n) is 4.97. The molecule has 0 amide bonds. The van der Waals surface area contributed by atoms with Gasteiger partial charge in [0.05, 0.1) is 41.3 Å². The van der Waals surface area contributed by atoms with Gasteiger partial charge >= 0.3 is 0 Å². The highest BCUT2D eigenvalue weighted by atomic mass is 16.5. The number of carbonyl (C=O) groups excluding carboxylic acids is 1. The number of imidazole rings is 1. The quantitative estimate of drug-likeness (QED) is 0.410. The molecule has 29 heavy (non-hydrogen) atoms. The number of aromatic nitrogens is 5. The molecule has 2 aromatic carbocycles. The topological polar surface area (TPSA) is 115 Å². The number of aryl methyl sites for hydroxylation is 1. The van der Waals surface area contributed by atoms with E-state index >= 15 is 0 Å². The van der Waals surface area contributed by atoms with Crippen molar-refractivity contribution >= 4 is 33.5 Å². The van der Waals surface area contributed by atoms with Gasteiger partial charge in [0.1, 0.15) is 17.4 Å². The van der Waals surface area contributed by atoms with Crippen LogP contribution in [0.3, 0.4) is 0 Å². The molecule has 0 saturated heterocycles. The number of ether oxygens (including phenoxy) is 1. The lowest BCUT2D eigenvalue weighted by molar-refractivity contribution is 0.103. The molecule has 0 atom stereocenters. The third kappa shape index (κ3) is 2.65. The molecular weight excluding hydrogens is 368 g/mol. The van der Waals surface area contributed by atoms with E-state index < -0.39 is 0 Å². The Morgan fingerprint density at radius 3 is 2.83 bits per heavy atom. The van der Waals surface area contributed by atoms with Crippen molar-refractivity contribution in [3.8, 4) is 11.4 Å². The van der Waals surface area contributed by atoms with E-state index in [2.05, 4.69) is 20.1 Å². The van der Waals surface area contributed by atoms with Gasteiger partial charge in [0.25, 0.3) is 0 Å². The number of ketones is 1. The van der Waals surface area contributed by atoms with Crippen molar-refractivity contribution in [1.82, 2.24) is 24.7 Å². The zero-order valence-corrected chi connectivity index (χ0v) is 15.9. The van der Waals surface area contributed by atoms with Gasteiger partial charge in [0.2, 0.25) is 5.78 Å².